The normalized spacial score (nSPS) is 13.5. The van der Waals surface area contributed by atoms with Crippen LogP contribution in [0.2, 0.25) is 0 Å². The van der Waals surface area contributed by atoms with E-state index in [4.69, 9.17) is 9.47 Å². The Labute approximate surface area is 122 Å². The predicted octanol–water partition coefficient (Wildman–Crippen LogP) is 3.24. The molecule has 1 rings (SSSR count). The van der Waals surface area contributed by atoms with E-state index < -0.39 is 18.7 Å². The highest BCUT2D eigenvalue weighted by Gasteiger charge is 2.34. The summed E-state index contributed by atoms with van der Waals surface area (Å²) in [5.74, 6) is -0.266. The zero-order chi connectivity index (χ0) is 15.9. The molecule has 0 saturated heterocycles. The molecule has 1 unspecified atom stereocenters. The van der Waals surface area contributed by atoms with Crippen LogP contribution in [0.1, 0.15) is 24.9 Å². The van der Waals surface area contributed by atoms with Crippen molar-refractivity contribution in [2.75, 3.05) is 20.8 Å². The fourth-order valence-electron chi connectivity index (χ4n) is 1.98. The molecular formula is C14H20F3NO3. The Morgan fingerprint density at radius 2 is 1.76 bits per heavy atom. The van der Waals surface area contributed by atoms with Crippen LogP contribution in [-0.4, -0.2) is 33.4 Å². The smallest absolute Gasteiger partial charge is 0.405 e. The molecule has 1 aromatic rings. The van der Waals surface area contributed by atoms with Gasteiger partial charge in [-0.3, -0.25) is 0 Å². The number of hydrogen-bond acceptors (Lipinski definition) is 4. The molecular weight excluding hydrogens is 287 g/mol. The number of ether oxygens (including phenoxy) is 3. The van der Waals surface area contributed by atoms with Crippen molar-refractivity contribution < 1.29 is 27.4 Å². The number of para-hydroxylation sites is 1. The second-order valence-electron chi connectivity index (χ2n) is 4.36. The van der Waals surface area contributed by atoms with Crippen LogP contribution in [0, 0.1) is 0 Å². The van der Waals surface area contributed by atoms with E-state index in [0.717, 1.165) is 6.42 Å². The number of halogens is 3. The van der Waals surface area contributed by atoms with Crippen molar-refractivity contribution in [2.24, 2.45) is 0 Å². The Bertz CT molecular complexity index is 422. The molecule has 0 saturated carbocycles. The van der Waals surface area contributed by atoms with E-state index in [2.05, 4.69) is 10.1 Å². The summed E-state index contributed by atoms with van der Waals surface area (Å²) in [6, 6.07) is 5.38. The van der Waals surface area contributed by atoms with E-state index in [1.54, 1.807) is 12.1 Å². The quantitative estimate of drug-likeness (QED) is 0.748. The van der Waals surface area contributed by atoms with Gasteiger partial charge in [0.2, 0.25) is 0 Å². The molecule has 1 N–H and O–H groups in total. The predicted molar refractivity (Wildman–Crippen MR) is 72.0 cm³/mol. The molecule has 7 heteroatoms. The fourth-order valence-corrected chi connectivity index (χ4v) is 1.98. The first-order valence-electron chi connectivity index (χ1n) is 6.56. The number of benzene rings is 1. The van der Waals surface area contributed by atoms with Gasteiger partial charge in [-0.05, 0) is 19.0 Å². The SMILES string of the molecule is CCCNC(c1ccccc1OC(F)(F)F)C(OC)OC. The summed E-state index contributed by atoms with van der Waals surface area (Å²) < 4.78 is 51.9. The largest absolute Gasteiger partial charge is 0.573 e. The van der Waals surface area contributed by atoms with Crippen LogP contribution in [0.3, 0.4) is 0 Å². The molecule has 120 valence electrons. The van der Waals surface area contributed by atoms with Gasteiger partial charge in [-0.2, -0.15) is 0 Å². The van der Waals surface area contributed by atoms with Gasteiger partial charge < -0.3 is 19.5 Å². The maximum atomic E-state index is 12.5. The molecule has 0 heterocycles. The van der Waals surface area contributed by atoms with Gasteiger partial charge in [0.15, 0.2) is 6.29 Å². The second kappa shape index (κ2) is 8.21. The van der Waals surface area contributed by atoms with Crippen LogP contribution in [0.5, 0.6) is 5.75 Å². The molecule has 0 aliphatic heterocycles. The van der Waals surface area contributed by atoms with Crippen molar-refractivity contribution in [2.45, 2.75) is 32.0 Å². The van der Waals surface area contributed by atoms with Gasteiger partial charge in [-0.25, -0.2) is 0 Å². The average molecular weight is 307 g/mol. The van der Waals surface area contributed by atoms with E-state index in [1.807, 2.05) is 6.92 Å². The number of methoxy groups -OCH3 is 2. The zero-order valence-electron chi connectivity index (χ0n) is 12.2. The lowest BCUT2D eigenvalue weighted by molar-refractivity contribution is -0.275. The highest BCUT2D eigenvalue weighted by molar-refractivity contribution is 5.36. The molecule has 0 spiro atoms. The van der Waals surface area contributed by atoms with Crippen LogP contribution in [0.25, 0.3) is 0 Å². The third kappa shape index (κ3) is 5.53. The minimum absolute atomic E-state index is 0.266. The van der Waals surface area contributed by atoms with Crippen LogP contribution in [0.4, 0.5) is 13.2 Å². The van der Waals surface area contributed by atoms with Gasteiger partial charge in [0.05, 0.1) is 6.04 Å². The molecule has 0 aromatic heterocycles. The lowest BCUT2D eigenvalue weighted by Gasteiger charge is -2.27. The van der Waals surface area contributed by atoms with Crippen LogP contribution in [0.15, 0.2) is 24.3 Å². The van der Waals surface area contributed by atoms with E-state index in [0.29, 0.717) is 12.1 Å². The van der Waals surface area contributed by atoms with Crippen molar-refractivity contribution in [3.63, 3.8) is 0 Å². The second-order valence-corrected chi connectivity index (χ2v) is 4.36. The Morgan fingerprint density at radius 3 is 2.29 bits per heavy atom. The summed E-state index contributed by atoms with van der Waals surface area (Å²) in [6.45, 7) is 2.56. The lowest BCUT2D eigenvalue weighted by atomic mass is 10.0. The molecule has 0 bridgehead atoms. The summed E-state index contributed by atoms with van der Waals surface area (Å²) in [7, 11) is 2.87. The van der Waals surface area contributed by atoms with Crippen LogP contribution >= 0.6 is 0 Å². The molecule has 1 atom stereocenters. The molecule has 0 amide bonds. The Kier molecular flexibility index (Phi) is 6.94. The van der Waals surface area contributed by atoms with E-state index in [1.165, 1.54) is 26.4 Å². The molecule has 21 heavy (non-hydrogen) atoms. The minimum Gasteiger partial charge on any atom is -0.405 e. The van der Waals surface area contributed by atoms with Crippen molar-refractivity contribution in [3.8, 4) is 5.75 Å². The average Bonchev–Trinajstić information content (AvgIpc) is 2.43. The van der Waals surface area contributed by atoms with Gasteiger partial charge in [-0.1, -0.05) is 25.1 Å². The van der Waals surface area contributed by atoms with Gasteiger partial charge in [0.25, 0.3) is 0 Å². The molecule has 0 radical (unpaired) electrons. The monoisotopic (exact) mass is 307 g/mol. The maximum Gasteiger partial charge on any atom is 0.573 e. The highest BCUT2D eigenvalue weighted by Crippen LogP contribution is 2.32. The minimum atomic E-state index is -4.75. The fraction of sp³-hybridized carbons (Fsp3) is 0.571. The zero-order valence-corrected chi connectivity index (χ0v) is 12.2. The third-order valence-electron chi connectivity index (χ3n) is 2.83. The van der Waals surface area contributed by atoms with E-state index >= 15 is 0 Å². The van der Waals surface area contributed by atoms with Gasteiger partial charge in [0, 0.05) is 19.8 Å². The van der Waals surface area contributed by atoms with Crippen molar-refractivity contribution >= 4 is 0 Å². The first kappa shape index (κ1) is 17.7. The van der Waals surface area contributed by atoms with Gasteiger partial charge in [-0.15, -0.1) is 13.2 Å². The van der Waals surface area contributed by atoms with Gasteiger partial charge >= 0.3 is 6.36 Å². The Hall–Kier alpha value is -1.31. The number of rotatable bonds is 8. The number of alkyl halides is 3. The molecule has 0 aliphatic rings. The van der Waals surface area contributed by atoms with Gasteiger partial charge in [0.1, 0.15) is 5.75 Å². The number of nitrogens with one attached hydrogen (secondary N) is 1. The summed E-state index contributed by atoms with van der Waals surface area (Å²) in [6.07, 6.45) is -4.66. The molecule has 0 fully saturated rings. The first-order chi connectivity index (χ1) is 9.92. The third-order valence-corrected chi connectivity index (χ3v) is 2.83. The highest BCUT2D eigenvalue weighted by atomic mass is 19.4. The number of hydrogen-bond donors (Lipinski definition) is 1. The van der Waals surface area contributed by atoms with Crippen LogP contribution in [-0.2, 0) is 9.47 Å². The van der Waals surface area contributed by atoms with Crippen molar-refractivity contribution in [3.05, 3.63) is 29.8 Å². The topological polar surface area (TPSA) is 39.7 Å². The van der Waals surface area contributed by atoms with E-state index in [-0.39, 0.29) is 5.75 Å². The summed E-state index contributed by atoms with van der Waals surface area (Å²) >= 11 is 0. The van der Waals surface area contributed by atoms with Crippen LogP contribution < -0.4 is 10.1 Å². The summed E-state index contributed by atoms with van der Waals surface area (Å²) in [4.78, 5) is 0. The summed E-state index contributed by atoms with van der Waals surface area (Å²) in [5.41, 5.74) is 0.331. The standard InChI is InChI=1S/C14H20F3NO3/c1-4-9-18-12(13(19-2)20-3)10-7-5-6-8-11(10)21-14(15,16)17/h5-8,12-13,18H,4,9H2,1-3H3. The Balaban J connectivity index is 3.11. The van der Waals surface area contributed by atoms with Crippen molar-refractivity contribution in [1.29, 1.82) is 0 Å². The summed E-state index contributed by atoms with van der Waals surface area (Å²) in [5, 5.41) is 3.12. The maximum absolute atomic E-state index is 12.5. The Morgan fingerprint density at radius 1 is 1.14 bits per heavy atom. The van der Waals surface area contributed by atoms with E-state index in [9.17, 15) is 13.2 Å². The lowest BCUT2D eigenvalue weighted by Crippen LogP contribution is -2.35. The molecule has 4 nitrogen and oxygen atoms in total. The molecule has 1 aromatic carbocycles. The molecule has 0 aliphatic carbocycles. The first-order valence-corrected chi connectivity index (χ1v) is 6.56. The van der Waals surface area contributed by atoms with Crippen molar-refractivity contribution in [1.82, 2.24) is 5.32 Å².